The molecule has 5 nitrogen and oxygen atoms in total. The predicted molar refractivity (Wildman–Crippen MR) is 272 cm³/mol. The van der Waals surface area contributed by atoms with Gasteiger partial charge in [-0.3, -0.25) is 4.57 Å². The molecule has 8 aromatic carbocycles. The number of para-hydroxylation sites is 4. The maximum absolute atomic E-state index is 9.37. The minimum Gasteiger partial charge on any atom is -0.457 e. The van der Waals surface area contributed by atoms with Crippen molar-refractivity contribution >= 4 is 44.6 Å². The molecule has 0 saturated heterocycles. The van der Waals surface area contributed by atoms with Crippen molar-refractivity contribution in [3.05, 3.63) is 217 Å². The minimum atomic E-state index is -0.207. The molecule has 0 aliphatic carbocycles. The molecule has 11 rings (SSSR count). The molecule has 2 aromatic heterocycles. The molecule has 0 bridgehead atoms. The van der Waals surface area contributed by atoms with Crippen LogP contribution in [0.2, 0.25) is 0 Å². The van der Waals surface area contributed by atoms with Crippen LogP contribution in [0.25, 0.3) is 61.0 Å². The highest BCUT2D eigenvalue weighted by atomic mass is 16.5. The number of fused-ring (bicyclic) bond motifs is 4. The number of ether oxygens (including phenoxy) is 1. The highest BCUT2D eigenvalue weighted by Gasteiger charge is 2.31. The van der Waals surface area contributed by atoms with Crippen LogP contribution in [0.3, 0.4) is 0 Å². The Kier molecular flexibility index (Phi) is 9.02. The van der Waals surface area contributed by atoms with E-state index in [2.05, 4.69) is 176 Å². The highest BCUT2D eigenvalue weighted by molar-refractivity contribution is 6.09. The summed E-state index contributed by atoms with van der Waals surface area (Å²) in [5, 5.41) is 2.13. The van der Waals surface area contributed by atoms with Gasteiger partial charge in [-0.1, -0.05) is 160 Å². The van der Waals surface area contributed by atoms with Crippen LogP contribution in [0.1, 0.15) is 41.6 Å². The summed E-state index contributed by atoms with van der Waals surface area (Å²) in [6.45, 7) is 11.3. The molecule has 5 heteroatoms. The van der Waals surface area contributed by atoms with Gasteiger partial charge in [0.2, 0.25) is 0 Å². The molecule has 1 aliphatic heterocycles. The summed E-state index contributed by atoms with van der Waals surface area (Å²) >= 11 is 0. The van der Waals surface area contributed by atoms with Gasteiger partial charge in [0.05, 0.1) is 32.2 Å². The number of anilines is 4. The summed E-state index contributed by atoms with van der Waals surface area (Å²) in [6, 6.07) is 60.3. The Morgan fingerprint density at radius 2 is 1.20 bits per heavy atom. The van der Waals surface area contributed by atoms with Crippen LogP contribution in [-0.2, 0) is 5.41 Å². The van der Waals surface area contributed by atoms with E-state index >= 15 is 0 Å². The van der Waals surface area contributed by atoms with E-state index in [0.29, 0.717) is 18.1 Å². The average molecular weight is 846 g/mol. The van der Waals surface area contributed by atoms with Gasteiger partial charge in [0.25, 0.3) is 0 Å². The van der Waals surface area contributed by atoms with E-state index in [1.165, 1.54) is 11.1 Å². The predicted octanol–water partition coefficient (Wildman–Crippen LogP) is 16.1. The number of hydrogen-bond donors (Lipinski definition) is 0. The van der Waals surface area contributed by atoms with Crippen LogP contribution in [-0.4, -0.2) is 16.2 Å². The van der Waals surface area contributed by atoms with E-state index in [-0.39, 0.29) is 29.3 Å². The molecule has 10 aromatic rings. The Morgan fingerprint density at radius 3 is 1.94 bits per heavy atom. The first-order valence-corrected chi connectivity index (χ1v) is 22.2. The van der Waals surface area contributed by atoms with Gasteiger partial charge >= 0.3 is 0 Å². The number of benzene rings is 8. The van der Waals surface area contributed by atoms with Crippen LogP contribution in [0, 0.1) is 13.8 Å². The molecule has 0 radical (unpaired) electrons. The third-order valence-corrected chi connectivity index (χ3v) is 12.7. The fraction of sp³-hybridized carbons (Fsp3) is 0.117. The zero-order valence-electron chi connectivity index (χ0n) is 40.2. The van der Waals surface area contributed by atoms with Crippen molar-refractivity contribution in [1.29, 1.82) is 0 Å². The molecule has 65 heavy (non-hydrogen) atoms. The molecule has 3 heterocycles. The first-order chi connectivity index (χ1) is 32.9. The van der Waals surface area contributed by atoms with Gasteiger partial charge in [-0.05, 0) is 95.6 Å². The molecule has 0 amide bonds. The fourth-order valence-corrected chi connectivity index (χ4v) is 9.32. The molecule has 0 saturated carbocycles. The lowest BCUT2D eigenvalue weighted by Gasteiger charge is -2.27. The summed E-state index contributed by atoms with van der Waals surface area (Å²) in [5.74, 6) is 1.49. The quantitative estimate of drug-likeness (QED) is 0.153. The first-order valence-electron chi connectivity index (χ1n) is 23.7. The van der Waals surface area contributed by atoms with Crippen LogP contribution in [0.5, 0.6) is 11.5 Å². The topological polar surface area (TPSA) is 33.5 Å². The second kappa shape index (κ2) is 16.0. The van der Waals surface area contributed by atoms with Gasteiger partial charge in [0.15, 0.2) is 0 Å². The van der Waals surface area contributed by atoms with Crippen LogP contribution >= 0.6 is 0 Å². The largest absolute Gasteiger partial charge is 0.457 e. The summed E-state index contributed by atoms with van der Waals surface area (Å²) in [5.41, 5.74) is 15.5. The van der Waals surface area contributed by atoms with Crippen molar-refractivity contribution in [1.82, 2.24) is 9.55 Å². The second-order valence-electron chi connectivity index (χ2n) is 18.0. The number of nitrogens with zero attached hydrogens (tertiary/aromatic N) is 4. The Balaban J connectivity index is 0.997. The molecule has 0 unspecified atom stereocenters. The normalized spacial score (nSPS) is 13.2. The monoisotopic (exact) mass is 845 g/mol. The molecule has 0 fully saturated rings. The molecular weight excluding hydrogens is 793 g/mol. The second-order valence-corrected chi connectivity index (χ2v) is 18.0. The standard InChI is InChI=1S/C60H50N4O/c1-40-25-27-44(28-26-40)53-38-61-58(35-41(53)2)64-54-22-10-9-19-51(54)52-34-33-48(37-57(52)64)65-47-18-13-17-46(36-47)62-39-63(56-24-12-11-23-55(56)62)59-49(42-15-7-6-8-16-42)20-14-21-50(59)43-29-31-45(32-30-43)60(3,4)5/h6-38H,39H2,1-5H3/i13D,17D,18D. The summed E-state index contributed by atoms with van der Waals surface area (Å²) in [4.78, 5) is 9.42. The number of aryl methyl sites for hydroxylation is 2. The Hall–Kier alpha value is -7.89. The number of rotatable bonds is 8. The fourth-order valence-electron chi connectivity index (χ4n) is 9.32. The summed E-state index contributed by atoms with van der Waals surface area (Å²) in [7, 11) is 0. The van der Waals surface area contributed by atoms with E-state index in [9.17, 15) is 1.37 Å². The smallest absolute Gasteiger partial charge is 0.137 e. The van der Waals surface area contributed by atoms with Crippen molar-refractivity contribution in [2.24, 2.45) is 0 Å². The third-order valence-electron chi connectivity index (χ3n) is 12.7. The van der Waals surface area contributed by atoms with Gasteiger partial charge in [-0.2, -0.15) is 0 Å². The Bertz CT molecular complexity index is 3560. The van der Waals surface area contributed by atoms with Crippen LogP contribution in [0.15, 0.2) is 200 Å². The maximum Gasteiger partial charge on any atom is 0.137 e. The van der Waals surface area contributed by atoms with Crippen molar-refractivity contribution in [2.45, 2.75) is 40.0 Å². The maximum atomic E-state index is 9.37. The van der Waals surface area contributed by atoms with Gasteiger partial charge < -0.3 is 14.5 Å². The highest BCUT2D eigenvalue weighted by Crippen LogP contribution is 2.50. The first kappa shape index (κ1) is 36.6. The molecule has 0 spiro atoms. The van der Waals surface area contributed by atoms with Crippen molar-refractivity contribution < 1.29 is 8.85 Å². The zero-order valence-corrected chi connectivity index (χ0v) is 37.2. The molecule has 0 N–H and O–H groups in total. The van der Waals surface area contributed by atoms with E-state index in [1.54, 1.807) is 6.07 Å². The lowest BCUT2D eigenvalue weighted by atomic mass is 9.86. The molecule has 316 valence electrons. The van der Waals surface area contributed by atoms with Gasteiger partial charge in [-0.15, -0.1) is 0 Å². The van der Waals surface area contributed by atoms with E-state index < -0.39 is 0 Å². The Morgan fingerprint density at radius 1 is 0.554 bits per heavy atom. The molecule has 1 aliphatic rings. The van der Waals surface area contributed by atoms with Gasteiger partial charge in [0, 0.05) is 51.5 Å². The summed E-state index contributed by atoms with van der Waals surface area (Å²) in [6.07, 6.45) is 1.95. The Labute approximate surface area is 385 Å². The van der Waals surface area contributed by atoms with Gasteiger partial charge in [0.1, 0.15) is 24.0 Å². The van der Waals surface area contributed by atoms with Crippen molar-refractivity contribution in [3.63, 3.8) is 0 Å². The molecular formula is C60H50N4O. The van der Waals surface area contributed by atoms with Crippen LogP contribution in [0.4, 0.5) is 22.7 Å². The van der Waals surface area contributed by atoms with Crippen molar-refractivity contribution in [2.75, 3.05) is 16.5 Å². The van der Waals surface area contributed by atoms with E-state index in [4.69, 9.17) is 12.5 Å². The van der Waals surface area contributed by atoms with Crippen LogP contribution < -0.4 is 14.5 Å². The summed E-state index contributed by atoms with van der Waals surface area (Å²) < 4.78 is 36.5. The lowest BCUT2D eigenvalue weighted by Crippen LogP contribution is -2.25. The lowest BCUT2D eigenvalue weighted by molar-refractivity contribution is 0.483. The molecule has 0 atom stereocenters. The minimum absolute atomic E-state index is 0.0161. The number of aromatic nitrogens is 2. The van der Waals surface area contributed by atoms with E-state index in [0.717, 1.165) is 83.6 Å². The zero-order chi connectivity index (χ0) is 46.8. The average Bonchev–Trinajstić information content (AvgIpc) is 3.90. The third kappa shape index (κ3) is 7.29. The number of hydrogen-bond acceptors (Lipinski definition) is 4. The SMILES string of the molecule is [2H]c1c(Oc2ccc3c4ccccc4n(-c4cc(C)c(-c5ccc(C)cc5)cn4)c3c2)cc(N2CN(c3c(-c4ccccc4)cccc3-c3ccc(C(C)(C)C)cc3)c3ccccc32)c([2H])c1[2H]. The van der Waals surface area contributed by atoms with E-state index in [1.807, 2.05) is 48.7 Å². The van der Waals surface area contributed by atoms with Crippen molar-refractivity contribution in [3.8, 4) is 50.7 Å². The van der Waals surface area contributed by atoms with Gasteiger partial charge in [-0.25, -0.2) is 4.98 Å². The number of pyridine rings is 1.